The number of hydrogen-bond donors (Lipinski definition) is 1. The first-order chi connectivity index (χ1) is 6.74. The van der Waals surface area contributed by atoms with E-state index in [2.05, 4.69) is 4.90 Å². The van der Waals surface area contributed by atoms with Crippen LogP contribution in [-0.2, 0) is 4.79 Å². The third-order valence-corrected chi connectivity index (χ3v) is 3.38. The van der Waals surface area contributed by atoms with Gasteiger partial charge in [-0.05, 0) is 50.6 Å². The lowest BCUT2D eigenvalue weighted by Gasteiger charge is -2.31. The number of piperidine rings is 1. The topological polar surface area (TPSA) is 40.5 Å². The molecule has 0 amide bonds. The molecule has 0 unspecified atom stereocenters. The Balaban J connectivity index is 1.66. The predicted octanol–water partition coefficient (Wildman–Crippen LogP) is 1.58. The van der Waals surface area contributed by atoms with Gasteiger partial charge in [0.15, 0.2) is 0 Å². The van der Waals surface area contributed by atoms with Crippen LogP contribution < -0.4 is 0 Å². The average molecular weight is 197 g/mol. The Labute approximate surface area is 85.1 Å². The SMILES string of the molecule is O=C(O)CC1CCN(CC2CC2)CC1. The maximum Gasteiger partial charge on any atom is 0.303 e. The fourth-order valence-corrected chi connectivity index (χ4v) is 2.29. The first-order valence-corrected chi connectivity index (χ1v) is 5.68. The molecule has 3 heteroatoms. The minimum atomic E-state index is -0.634. The van der Waals surface area contributed by atoms with Crippen molar-refractivity contribution in [1.82, 2.24) is 4.90 Å². The Bertz CT molecular complexity index is 205. The van der Waals surface area contributed by atoms with E-state index in [0.717, 1.165) is 31.8 Å². The van der Waals surface area contributed by atoms with Crippen molar-refractivity contribution in [2.75, 3.05) is 19.6 Å². The van der Waals surface area contributed by atoms with Crippen LogP contribution in [-0.4, -0.2) is 35.6 Å². The zero-order valence-corrected chi connectivity index (χ0v) is 8.61. The third kappa shape index (κ3) is 2.98. The van der Waals surface area contributed by atoms with Gasteiger partial charge in [-0.3, -0.25) is 4.79 Å². The van der Waals surface area contributed by atoms with Crippen molar-refractivity contribution in [3.63, 3.8) is 0 Å². The lowest BCUT2D eigenvalue weighted by atomic mass is 9.93. The summed E-state index contributed by atoms with van der Waals surface area (Å²) in [7, 11) is 0. The summed E-state index contributed by atoms with van der Waals surface area (Å²) in [5, 5.41) is 8.67. The van der Waals surface area contributed by atoms with Crippen LogP contribution in [0, 0.1) is 11.8 Å². The monoisotopic (exact) mass is 197 g/mol. The summed E-state index contributed by atoms with van der Waals surface area (Å²) >= 11 is 0. The van der Waals surface area contributed by atoms with Gasteiger partial charge in [0, 0.05) is 13.0 Å². The summed E-state index contributed by atoms with van der Waals surface area (Å²) in [6.07, 6.45) is 5.36. The molecule has 1 aliphatic heterocycles. The standard InChI is InChI=1S/C11H19NO2/c13-11(14)7-9-3-5-12(6-4-9)8-10-1-2-10/h9-10H,1-8H2,(H,13,14). The van der Waals surface area contributed by atoms with Crippen molar-refractivity contribution < 1.29 is 9.90 Å². The van der Waals surface area contributed by atoms with Gasteiger partial charge >= 0.3 is 5.97 Å². The van der Waals surface area contributed by atoms with Crippen molar-refractivity contribution in [3.8, 4) is 0 Å². The van der Waals surface area contributed by atoms with E-state index in [9.17, 15) is 4.79 Å². The molecule has 80 valence electrons. The molecule has 14 heavy (non-hydrogen) atoms. The summed E-state index contributed by atoms with van der Waals surface area (Å²) in [6, 6.07) is 0. The lowest BCUT2D eigenvalue weighted by Crippen LogP contribution is -2.35. The summed E-state index contributed by atoms with van der Waals surface area (Å²) < 4.78 is 0. The molecule has 2 fully saturated rings. The molecule has 1 aliphatic carbocycles. The Hall–Kier alpha value is -0.570. The number of rotatable bonds is 4. The molecule has 3 nitrogen and oxygen atoms in total. The Morgan fingerprint density at radius 3 is 2.29 bits per heavy atom. The van der Waals surface area contributed by atoms with E-state index in [4.69, 9.17) is 5.11 Å². The number of carbonyl (C=O) groups is 1. The van der Waals surface area contributed by atoms with E-state index in [1.165, 1.54) is 19.4 Å². The van der Waals surface area contributed by atoms with E-state index < -0.39 is 5.97 Å². The molecule has 2 aliphatic rings. The molecule has 1 saturated heterocycles. The number of nitrogens with zero attached hydrogens (tertiary/aromatic N) is 1. The second-order valence-corrected chi connectivity index (χ2v) is 4.79. The molecule has 0 spiro atoms. The van der Waals surface area contributed by atoms with Crippen molar-refractivity contribution in [3.05, 3.63) is 0 Å². The summed E-state index contributed by atoms with van der Waals surface area (Å²) in [5.74, 6) is 0.764. The number of hydrogen-bond acceptors (Lipinski definition) is 2. The van der Waals surface area contributed by atoms with Crippen LogP contribution >= 0.6 is 0 Å². The highest BCUT2D eigenvalue weighted by Gasteiger charge is 2.27. The number of carboxylic acids is 1. The van der Waals surface area contributed by atoms with Crippen LogP contribution in [0.2, 0.25) is 0 Å². The predicted molar refractivity (Wildman–Crippen MR) is 54.1 cm³/mol. The van der Waals surface area contributed by atoms with E-state index in [0.29, 0.717) is 12.3 Å². The third-order valence-electron chi connectivity index (χ3n) is 3.38. The van der Waals surface area contributed by atoms with Crippen LogP contribution in [0.25, 0.3) is 0 Å². The molecule has 0 aromatic rings. The van der Waals surface area contributed by atoms with Gasteiger partial charge in [-0.15, -0.1) is 0 Å². The van der Waals surface area contributed by atoms with Crippen LogP contribution in [0.1, 0.15) is 32.1 Å². The number of aliphatic carboxylic acids is 1. The average Bonchev–Trinajstić information content (AvgIpc) is 2.91. The normalized spacial score (nSPS) is 25.1. The quantitative estimate of drug-likeness (QED) is 0.744. The minimum Gasteiger partial charge on any atom is -0.481 e. The number of carboxylic acid groups (broad SMARTS) is 1. The second-order valence-electron chi connectivity index (χ2n) is 4.79. The van der Waals surface area contributed by atoms with Crippen molar-refractivity contribution in [2.45, 2.75) is 32.1 Å². The van der Waals surface area contributed by atoms with Crippen molar-refractivity contribution in [1.29, 1.82) is 0 Å². The van der Waals surface area contributed by atoms with Crippen molar-refractivity contribution in [2.24, 2.45) is 11.8 Å². The molecule has 0 radical (unpaired) electrons. The fraction of sp³-hybridized carbons (Fsp3) is 0.909. The molecule has 1 heterocycles. The van der Waals surface area contributed by atoms with Crippen molar-refractivity contribution >= 4 is 5.97 Å². The maximum atomic E-state index is 10.5. The Kier molecular flexibility index (Phi) is 3.06. The molecule has 0 atom stereocenters. The van der Waals surface area contributed by atoms with Gasteiger partial charge in [0.1, 0.15) is 0 Å². The zero-order chi connectivity index (χ0) is 9.97. The first kappa shape index (κ1) is 9.97. The van der Waals surface area contributed by atoms with E-state index >= 15 is 0 Å². The summed E-state index contributed by atoms with van der Waals surface area (Å²) in [5.41, 5.74) is 0. The van der Waals surface area contributed by atoms with E-state index in [1.54, 1.807) is 0 Å². The molecule has 0 aromatic carbocycles. The van der Waals surface area contributed by atoms with Gasteiger partial charge < -0.3 is 10.0 Å². The highest BCUT2D eigenvalue weighted by Crippen LogP contribution is 2.31. The second kappa shape index (κ2) is 4.30. The summed E-state index contributed by atoms with van der Waals surface area (Å²) in [4.78, 5) is 13.0. The lowest BCUT2D eigenvalue weighted by molar-refractivity contribution is -0.138. The fourth-order valence-electron chi connectivity index (χ4n) is 2.29. The van der Waals surface area contributed by atoms with Gasteiger partial charge in [-0.25, -0.2) is 0 Å². The first-order valence-electron chi connectivity index (χ1n) is 5.68. The van der Waals surface area contributed by atoms with Gasteiger partial charge in [0.05, 0.1) is 0 Å². The Morgan fingerprint density at radius 2 is 1.79 bits per heavy atom. The molecule has 1 saturated carbocycles. The molecule has 0 aromatic heterocycles. The molecule has 1 N–H and O–H groups in total. The van der Waals surface area contributed by atoms with Crippen LogP contribution in [0.4, 0.5) is 0 Å². The Morgan fingerprint density at radius 1 is 1.14 bits per heavy atom. The highest BCUT2D eigenvalue weighted by molar-refractivity contribution is 5.67. The zero-order valence-electron chi connectivity index (χ0n) is 8.61. The smallest absolute Gasteiger partial charge is 0.303 e. The minimum absolute atomic E-state index is 0.372. The molecular weight excluding hydrogens is 178 g/mol. The maximum absolute atomic E-state index is 10.5. The van der Waals surface area contributed by atoms with E-state index in [-0.39, 0.29) is 0 Å². The number of likely N-dealkylation sites (tertiary alicyclic amines) is 1. The summed E-state index contributed by atoms with van der Waals surface area (Å²) in [6.45, 7) is 3.50. The van der Waals surface area contributed by atoms with Crippen LogP contribution in [0.15, 0.2) is 0 Å². The van der Waals surface area contributed by atoms with E-state index in [1.807, 2.05) is 0 Å². The van der Waals surface area contributed by atoms with Crippen LogP contribution in [0.5, 0.6) is 0 Å². The van der Waals surface area contributed by atoms with Gasteiger partial charge in [-0.2, -0.15) is 0 Å². The molecular formula is C11H19NO2. The van der Waals surface area contributed by atoms with Gasteiger partial charge in [0.2, 0.25) is 0 Å². The van der Waals surface area contributed by atoms with Gasteiger partial charge in [-0.1, -0.05) is 0 Å². The highest BCUT2D eigenvalue weighted by atomic mass is 16.4. The van der Waals surface area contributed by atoms with Gasteiger partial charge in [0.25, 0.3) is 0 Å². The molecule has 2 rings (SSSR count). The molecule has 0 bridgehead atoms. The largest absolute Gasteiger partial charge is 0.481 e. The van der Waals surface area contributed by atoms with Crippen LogP contribution in [0.3, 0.4) is 0 Å².